The van der Waals surface area contributed by atoms with Crippen LogP contribution < -0.4 is 5.32 Å². The second-order valence-corrected chi connectivity index (χ2v) is 4.20. The fourth-order valence-corrected chi connectivity index (χ4v) is 1.92. The highest BCUT2D eigenvalue weighted by molar-refractivity contribution is 6.28. The first kappa shape index (κ1) is 11.0. The third-order valence-corrected chi connectivity index (χ3v) is 2.71. The molecule has 1 N–H and O–H groups in total. The molecule has 0 atom stereocenters. The standard InChI is InChI=1S/C12H10ClN5/c1-18-7-6-10(17-18)15-11-8-4-2-3-5-9(8)14-12(13)16-11/h2-7H,1H3,(H,14,15,16,17). The van der Waals surface area contributed by atoms with E-state index in [1.807, 2.05) is 43.6 Å². The summed E-state index contributed by atoms with van der Waals surface area (Å²) in [6.45, 7) is 0. The van der Waals surface area contributed by atoms with E-state index >= 15 is 0 Å². The van der Waals surface area contributed by atoms with Crippen molar-refractivity contribution in [2.45, 2.75) is 0 Å². The van der Waals surface area contributed by atoms with Crippen LogP contribution in [-0.4, -0.2) is 19.7 Å². The molecule has 3 aromatic rings. The second-order valence-electron chi connectivity index (χ2n) is 3.86. The van der Waals surface area contributed by atoms with Crippen LogP contribution in [0.5, 0.6) is 0 Å². The number of aromatic nitrogens is 4. The van der Waals surface area contributed by atoms with Crippen LogP contribution in [0.3, 0.4) is 0 Å². The number of aryl methyl sites for hydroxylation is 1. The maximum absolute atomic E-state index is 5.91. The minimum Gasteiger partial charge on any atom is -0.323 e. The summed E-state index contributed by atoms with van der Waals surface area (Å²) in [4.78, 5) is 8.37. The van der Waals surface area contributed by atoms with Gasteiger partial charge in [0.25, 0.3) is 0 Å². The molecule has 2 aromatic heterocycles. The van der Waals surface area contributed by atoms with Crippen molar-refractivity contribution >= 4 is 34.1 Å². The molecule has 0 radical (unpaired) electrons. The van der Waals surface area contributed by atoms with Crippen LogP contribution in [0.1, 0.15) is 0 Å². The molecule has 0 saturated carbocycles. The molecular weight excluding hydrogens is 250 g/mol. The van der Waals surface area contributed by atoms with E-state index in [0.717, 1.165) is 16.7 Å². The lowest BCUT2D eigenvalue weighted by Gasteiger charge is -2.06. The highest BCUT2D eigenvalue weighted by Gasteiger charge is 2.07. The molecule has 2 heterocycles. The molecule has 0 fully saturated rings. The van der Waals surface area contributed by atoms with Gasteiger partial charge in [0.15, 0.2) is 5.82 Å². The quantitative estimate of drug-likeness (QED) is 0.719. The summed E-state index contributed by atoms with van der Waals surface area (Å²) in [5.74, 6) is 1.38. The van der Waals surface area contributed by atoms with E-state index in [4.69, 9.17) is 11.6 Å². The average Bonchev–Trinajstić information content (AvgIpc) is 2.74. The van der Waals surface area contributed by atoms with E-state index in [1.165, 1.54) is 0 Å². The largest absolute Gasteiger partial charge is 0.323 e. The van der Waals surface area contributed by atoms with E-state index in [2.05, 4.69) is 20.4 Å². The zero-order valence-corrected chi connectivity index (χ0v) is 10.4. The number of rotatable bonds is 2. The molecule has 0 spiro atoms. The van der Waals surface area contributed by atoms with Gasteiger partial charge in [-0.2, -0.15) is 10.1 Å². The van der Waals surface area contributed by atoms with E-state index in [0.29, 0.717) is 5.82 Å². The molecule has 0 unspecified atom stereocenters. The predicted octanol–water partition coefficient (Wildman–Crippen LogP) is 2.76. The van der Waals surface area contributed by atoms with Gasteiger partial charge in [0.1, 0.15) is 5.82 Å². The number of para-hydroxylation sites is 1. The van der Waals surface area contributed by atoms with Crippen LogP contribution in [0.15, 0.2) is 36.5 Å². The van der Waals surface area contributed by atoms with Gasteiger partial charge in [0, 0.05) is 24.7 Å². The molecule has 5 nitrogen and oxygen atoms in total. The van der Waals surface area contributed by atoms with Crippen molar-refractivity contribution in [3.8, 4) is 0 Å². The van der Waals surface area contributed by atoms with Crippen molar-refractivity contribution < 1.29 is 0 Å². The van der Waals surface area contributed by atoms with Gasteiger partial charge < -0.3 is 5.32 Å². The molecule has 0 aliphatic heterocycles. The van der Waals surface area contributed by atoms with Gasteiger partial charge in [0.05, 0.1) is 5.52 Å². The second kappa shape index (κ2) is 4.27. The molecule has 6 heteroatoms. The van der Waals surface area contributed by atoms with E-state index in [9.17, 15) is 0 Å². The minimum atomic E-state index is 0.215. The first-order valence-corrected chi connectivity index (χ1v) is 5.79. The molecule has 1 aromatic carbocycles. The Labute approximate surface area is 108 Å². The molecular formula is C12H10ClN5. The summed E-state index contributed by atoms with van der Waals surface area (Å²) in [5, 5.41) is 8.51. The van der Waals surface area contributed by atoms with Crippen LogP contribution in [0.2, 0.25) is 5.28 Å². The van der Waals surface area contributed by atoms with E-state index in [1.54, 1.807) is 4.68 Å². The average molecular weight is 260 g/mol. The third kappa shape index (κ3) is 2.00. The smallest absolute Gasteiger partial charge is 0.224 e. The summed E-state index contributed by atoms with van der Waals surface area (Å²) in [6.07, 6.45) is 1.85. The molecule has 0 aliphatic rings. The summed E-state index contributed by atoms with van der Waals surface area (Å²) >= 11 is 5.91. The molecule has 0 saturated heterocycles. The lowest BCUT2D eigenvalue weighted by atomic mass is 10.2. The van der Waals surface area contributed by atoms with E-state index in [-0.39, 0.29) is 5.28 Å². The molecule has 0 aliphatic carbocycles. The van der Waals surface area contributed by atoms with Crippen LogP contribution in [0, 0.1) is 0 Å². The number of halogens is 1. The van der Waals surface area contributed by atoms with Crippen LogP contribution in [0.25, 0.3) is 10.9 Å². The first-order valence-electron chi connectivity index (χ1n) is 5.41. The van der Waals surface area contributed by atoms with Crippen molar-refractivity contribution in [3.63, 3.8) is 0 Å². The lowest BCUT2D eigenvalue weighted by molar-refractivity contribution is 0.771. The van der Waals surface area contributed by atoms with Crippen molar-refractivity contribution in [1.29, 1.82) is 0 Å². The monoisotopic (exact) mass is 259 g/mol. The Morgan fingerprint density at radius 2 is 2.00 bits per heavy atom. The summed E-state index contributed by atoms with van der Waals surface area (Å²) in [7, 11) is 1.86. The van der Waals surface area contributed by atoms with Gasteiger partial charge in [0.2, 0.25) is 5.28 Å². The van der Waals surface area contributed by atoms with Crippen molar-refractivity contribution in [3.05, 3.63) is 41.8 Å². The van der Waals surface area contributed by atoms with Gasteiger partial charge in [-0.25, -0.2) is 4.98 Å². The van der Waals surface area contributed by atoms with Gasteiger partial charge >= 0.3 is 0 Å². The highest BCUT2D eigenvalue weighted by Crippen LogP contribution is 2.24. The lowest BCUT2D eigenvalue weighted by Crippen LogP contribution is -1.98. The Morgan fingerprint density at radius 3 is 2.78 bits per heavy atom. The number of nitrogens with one attached hydrogen (secondary N) is 1. The molecule has 0 amide bonds. The highest BCUT2D eigenvalue weighted by atomic mass is 35.5. The summed E-state index contributed by atoms with van der Waals surface area (Å²) in [5.41, 5.74) is 0.802. The van der Waals surface area contributed by atoms with Crippen molar-refractivity contribution in [2.24, 2.45) is 7.05 Å². The zero-order chi connectivity index (χ0) is 12.5. The Bertz CT molecular complexity index is 707. The number of anilines is 2. The summed E-state index contributed by atoms with van der Waals surface area (Å²) < 4.78 is 1.72. The van der Waals surface area contributed by atoms with Crippen LogP contribution in [-0.2, 0) is 7.05 Å². The SMILES string of the molecule is Cn1ccc(Nc2nc(Cl)nc3ccccc23)n1. The number of hydrogen-bond acceptors (Lipinski definition) is 4. The van der Waals surface area contributed by atoms with Crippen LogP contribution >= 0.6 is 11.6 Å². The fraction of sp³-hybridized carbons (Fsp3) is 0.0833. The number of fused-ring (bicyclic) bond motifs is 1. The Balaban J connectivity index is 2.10. The Hall–Kier alpha value is -2.14. The van der Waals surface area contributed by atoms with Crippen molar-refractivity contribution in [1.82, 2.24) is 19.7 Å². The number of nitrogens with zero attached hydrogens (tertiary/aromatic N) is 4. The van der Waals surface area contributed by atoms with Gasteiger partial charge in [-0.3, -0.25) is 4.68 Å². The molecule has 18 heavy (non-hydrogen) atoms. The van der Waals surface area contributed by atoms with Crippen molar-refractivity contribution in [2.75, 3.05) is 5.32 Å². The maximum Gasteiger partial charge on any atom is 0.224 e. The molecule has 3 rings (SSSR count). The maximum atomic E-state index is 5.91. The third-order valence-electron chi connectivity index (χ3n) is 2.54. The topological polar surface area (TPSA) is 55.6 Å². The zero-order valence-electron chi connectivity index (χ0n) is 9.63. The van der Waals surface area contributed by atoms with Gasteiger partial charge in [-0.1, -0.05) is 12.1 Å². The molecule has 90 valence electrons. The molecule has 0 bridgehead atoms. The Morgan fingerprint density at radius 1 is 1.17 bits per heavy atom. The first-order chi connectivity index (χ1) is 8.72. The number of hydrogen-bond donors (Lipinski definition) is 1. The Kier molecular flexibility index (Phi) is 2.60. The van der Waals surface area contributed by atoms with Gasteiger partial charge in [-0.05, 0) is 23.7 Å². The van der Waals surface area contributed by atoms with Gasteiger partial charge in [-0.15, -0.1) is 0 Å². The van der Waals surface area contributed by atoms with E-state index < -0.39 is 0 Å². The normalized spacial score (nSPS) is 10.8. The summed E-state index contributed by atoms with van der Waals surface area (Å²) in [6, 6.07) is 9.55. The van der Waals surface area contributed by atoms with Crippen LogP contribution in [0.4, 0.5) is 11.6 Å². The minimum absolute atomic E-state index is 0.215. The number of benzene rings is 1. The fourth-order valence-electron chi connectivity index (χ4n) is 1.75. The predicted molar refractivity (Wildman–Crippen MR) is 71.0 cm³/mol.